The first-order valence-corrected chi connectivity index (χ1v) is 8.46. The number of hydrogen-bond acceptors (Lipinski definition) is 1. The molecule has 2 bridgehead atoms. The Kier molecular flexibility index (Phi) is 6.35. The lowest BCUT2D eigenvalue weighted by atomic mass is 10.1. The summed E-state index contributed by atoms with van der Waals surface area (Å²) >= 11 is 0. The highest BCUT2D eigenvalue weighted by molar-refractivity contribution is 5.14. The molecule has 112 valence electrons. The first-order valence-electron chi connectivity index (χ1n) is 8.46. The minimum absolute atomic E-state index is 0.192. The maximum absolute atomic E-state index is 11.8. The van der Waals surface area contributed by atoms with Crippen LogP contribution in [-0.2, 0) is 19.9 Å². The molecule has 1 aliphatic rings. The van der Waals surface area contributed by atoms with Crippen molar-refractivity contribution in [3.8, 4) is 0 Å². The van der Waals surface area contributed by atoms with Crippen LogP contribution in [-0.4, -0.2) is 4.57 Å². The van der Waals surface area contributed by atoms with E-state index in [9.17, 15) is 4.79 Å². The lowest BCUT2D eigenvalue weighted by Gasteiger charge is -2.14. The maximum atomic E-state index is 11.8. The van der Waals surface area contributed by atoms with Crippen LogP contribution in [0.3, 0.4) is 0 Å². The molecule has 1 aliphatic heterocycles. The SMILES string of the molecule is Cn1c2cc(=O)cc1CCCCCCCCCCCC2. The summed E-state index contributed by atoms with van der Waals surface area (Å²) in [5.74, 6) is 0. The van der Waals surface area contributed by atoms with Crippen molar-refractivity contribution in [2.24, 2.45) is 7.05 Å². The Morgan fingerprint density at radius 1 is 0.700 bits per heavy atom. The molecule has 2 nitrogen and oxygen atoms in total. The Morgan fingerprint density at radius 3 is 1.45 bits per heavy atom. The molecule has 0 aromatic carbocycles. The van der Waals surface area contributed by atoms with Crippen LogP contribution in [0.5, 0.6) is 0 Å². The molecule has 0 spiro atoms. The second-order valence-corrected chi connectivity index (χ2v) is 6.27. The molecule has 0 amide bonds. The Bertz CT molecular complexity index is 423. The highest BCUT2D eigenvalue weighted by atomic mass is 16.1. The van der Waals surface area contributed by atoms with Crippen LogP contribution in [0.15, 0.2) is 16.9 Å². The smallest absolute Gasteiger partial charge is 0.182 e. The third kappa shape index (κ3) is 4.81. The van der Waals surface area contributed by atoms with Crippen molar-refractivity contribution >= 4 is 0 Å². The summed E-state index contributed by atoms with van der Waals surface area (Å²) < 4.78 is 2.26. The van der Waals surface area contributed by atoms with Gasteiger partial charge in [0.2, 0.25) is 0 Å². The van der Waals surface area contributed by atoms with Crippen LogP contribution >= 0.6 is 0 Å². The molecule has 0 saturated carbocycles. The summed E-state index contributed by atoms with van der Waals surface area (Å²) in [5.41, 5.74) is 2.64. The second-order valence-electron chi connectivity index (χ2n) is 6.27. The third-order valence-electron chi connectivity index (χ3n) is 4.60. The van der Waals surface area contributed by atoms with E-state index in [-0.39, 0.29) is 5.43 Å². The minimum atomic E-state index is 0.192. The van der Waals surface area contributed by atoms with E-state index < -0.39 is 0 Å². The van der Waals surface area contributed by atoms with E-state index in [1.807, 2.05) is 12.1 Å². The number of aryl methyl sites for hydroxylation is 2. The number of nitrogens with zero attached hydrogens (tertiary/aromatic N) is 1. The topological polar surface area (TPSA) is 22.0 Å². The molecule has 0 saturated heterocycles. The van der Waals surface area contributed by atoms with Crippen molar-refractivity contribution in [1.82, 2.24) is 4.57 Å². The standard InChI is InChI=1S/C18H29NO/c1-19-16-12-10-8-6-4-2-3-5-7-9-11-13-17(19)15-18(20)14-16/h14-15H,2-13H2,1H3. The summed E-state index contributed by atoms with van der Waals surface area (Å²) in [4.78, 5) is 11.8. The van der Waals surface area contributed by atoms with Gasteiger partial charge >= 0.3 is 0 Å². The maximum Gasteiger partial charge on any atom is 0.182 e. The molecule has 0 unspecified atom stereocenters. The fourth-order valence-electron chi connectivity index (χ4n) is 3.25. The molecule has 0 aliphatic carbocycles. The molecular weight excluding hydrogens is 246 g/mol. The van der Waals surface area contributed by atoms with Crippen molar-refractivity contribution in [1.29, 1.82) is 0 Å². The first kappa shape index (κ1) is 15.3. The van der Waals surface area contributed by atoms with Gasteiger partial charge < -0.3 is 4.57 Å². The third-order valence-corrected chi connectivity index (χ3v) is 4.60. The van der Waals surface area contributed by atoms with Crippen LogP contribution in [0.4, 0.5) is 0 Å². The van der Waals surface area contributed by atoms with Gasteiger partial charge in [-0.05, 0) is 25.7 Å². The fraction of sp³-hybridized carbons (Fsp3) is 0.722. The van der Waals surface area contributed by atoms with Crippen molar-refractivity contribution in [3.05, 3.63) is 33.7 Å². The molecule has 1 aromatic heterocycles. The van der Waals surface area contributed by atoms with Crippen LogP contribution in [0.25, 0.3) is 0 Å². The number of hydrogen-bond donors (Lipinski definition) is 0. The number of aromatic nitrogens is 1. The van der Waals surface area contributed by atoms with Gasteiger partial charge in [0.25, 0.3) is 0 Å². The normalized spacial score (nSPS) is 19.1. The van der Waals surface area contributed by atoms with Crippen LogP contribution < -0.4 is 5.43 Å². The van der Waals surface area contributed by atoms with Gasteiger partial charge in [0.1, 0.15) is 0 Å². The summed E-state index contributed by atoms with van der Waals surface area (Å²) in [7, 11) is 2.13. The van der Waals surface area contributed by atoms with Gasteiger partial charge in [-0.2, -0.15) is 0 Å². The minimum Gasteiger partial charge on any atom is -0.351 e. The van der Waals surface area contributed by atoms with E-state index in [4.69, 9.17) is 0 Å². The van der Waals surface area contributed by atoms with Gasteiger partial charge in [-0.15, -0.1) is 0 Å². The average Bonchev–Trinajstić information content (AvgIpc) is 2.43. The van der Waals surface area contributed by atoms with Gasteiger partial charge in [0, 0.05) is 30.6 Å². The highest BCUT2D eigenvalue weighted by Gasteiger charge is 2.05. The van der Waals surface area contributed by atoms with Gasteiger partial charge in [-0.25, -0.2) is 0 Å². The zero-order valence-electron chi connectivity index (χ0n) is 13.0. The molecule has 2 rings (SSSR count). The van der Waals surface area contributed by atoms with Crippen molar-refractivity contribution < 1.29 is 0 Å². The Hall–Kier alpha value is -1.05. The second kappa shape index (κ2) is 8.28. The monoisotopic (exact) mass is 275 g/mol. The van der Waals surface area contributed by atoms with Gasteiger partial charge in [-0.3, -0.25) is 4.79 Å². The van der Waals surface area contributed by atoms with E-state index in [0.717, 1.165) is 12.8 Å². The van der Waals surface area contributed by atoms with Crippen molar-refractivity contribution in [2.45, 2.75) is 77.0 Å². The van der Waals surface area contributed by atoms with Gasteiger partial charge in [0.15, 0.2) is 5.43 Å². The predicted molar refractivity (Wildman–Crippen MR) is 85.3 cm³/mol. The van der Waals surface area contributed by atoms with E-state index in [1.54, 1.807) is 0 Å². The summed E-state index contributed by atoms with van der Waals surface area (Å²) in [6.45, 7) is 0. The first-order chi connectivity index (χ1) is 9.77. The Labute approximate surface area is 123 Å². The lowest BCUT2D eigenvalue weighted by molar-refractivity contribution is 0.553. The molecule has 0 fully saturated rings. The van der Waals surface area contributed by atoms with Crippen molar-refractivity contribution in [3.63, 3.8) is 0 Å². The largest absolute Gasteiger partial charge is 0.351 e. The molecule has 0 radical (unpaired) electrons. The quantitative estimate of drug-likeness (QED) is 0.688. The summed E-state index contributed by atoms with van der Waals surface area (Å²) in [6, 6.07) is 3.67. The highest BCUT2D eigenvalue weighted by Crippen LogP contribution is 2.15. The van der Waals surface area contributed by atoms with Crippen LogP contribution in [0.2, 0.25) is 0 Å². The predicted octanol–water partition coefficient (Wildman–Crippen LogP) is 4.38. The number of rotatable bonds is 0. The van der Waals surface area contributed by atoms with E-state index in [1.165, 1.54) is 75.6 Å². The van der Waals surface area contributed by atoms with E-state index >= 15 is 0 Å². The summed E-state index contributed by atoms with van der Waals surface area (Å²) in [5, 5.41) is 0. The molecule has 2 heterocycles. The molecule has 0 N–H and O–H groups in total. The number of pyridine rings is 1. The van der Waals surface area contributed by atoms with Gasteiger partial charge in [-0.1, -0.05) is 51.4 Å². The van der Waals surface area contributed by atoms with Crippen molar-refractivity contribution in [2.75, 3.05) is 0 Å². The van der Waals surface area contributed by atoms with Crippen LogP contribution in [0.1, 0.15) is 75.6 Å². The van der Waals surface area contributed by atoms with E-state index in [0.29, 0.717) is 0 Å². The number of fused-ring (bicyclic) bond motifs is 2. The summed E-state index contributed by atoms with van der Waals surface area (Å²) in [6.07, 6.45) is 15.5. The van der Waals surface area contributed by atoms with Crippen LogP contribution in [0, 0.1) is 0 Å². The lowest BCUT2D eigenvalue weighted by Crippen LogP contribution is -2.14. The average molecular weight is 275 g/mol. The fourth-order valence-corrected chi connectivity index (χ4v) is 3.25. The molecule has 20 heavy (non-hydrogen) atoms. The Balaban J connectivity index is 2.06. The molecule has 0 atom stereocenters. The molecular formula is C18H29NO. The molecule has 2 heteroatoms. The Morgan fingerprint density at radius 2 is 1.05 bits per heavy atom. The zero-order chi connectivity index (χ0) is 14.2. The zero-order valence-corrected chi connectivity index (χ0v) is 13.0. The van der Waals surface area contributed by atoms with Gasteiger partial charge in [0.05, 0.1) is 0 Å². The van der Waals surface area contributed by atoms with E-state index in [2.05, 4.69) is 11.6 Å². The molecule has 1 aromatic rings.